The van der Waals surface area contributed by atoms with Crippen LogP contribution in [0.5, 0.6) is 0 Å². The van der Waals surface area contributed by atoms with E-state index in [-0.39, 0.29) is 17.7 Å². The third kappa shape index (κ3) is 7.41. The van der Waals surface area contributed by atoms with E-state index in [9.17, 15) is 19.8 Å². The number of nitrogens with one attached hydrogen (secondary N) is 2. The molecule has 0 aromatic rings. The lowest BCUT2D eigenvalue weighted by molar-refractivity contribution is -0.124. The molecular weight excluding hydrogens is 344 g/mol. The largest absolute Gasteiger partial charge is 0.388 e. The fourth-order valence-corrected chi connectivity index (χ4v) is 4.35. The first-order valence-corrected chi connectivity index (χ1v) is 10.6. The number of hydrogen-bond acceptors (Lipinski definition) is 4. The Morgan fingerprint density at radius 3 is 2.11 bits per heavy atom. The fourth-order valence-electron chi connectivity index (χ4n) is 4.35. The summed E-state index contributed by atoms with van der Waals surface area (Å²) in [4.78, 5) is 23.9. The molecule has 2 unspecified atom stereocenters. The molecule has 0 bridgehead atoms. The second-order valence-electron chi connectivity index (χ2n) is 9.61. The fraction of sp³-hybridized carbons (Fsp3) is 0.905. The van der Waals surface area contributed by atoms with Gasteiger partial charge in [-0.25, -0.2) is 0 Å². The van der Waals surface area contributed by atoms with Gasteiger partial charge in [-0.3, -0.25) is 9.59 Å². The van der Waals surface area contributed by atoms with Gasteiger partial charge < -0.3 is 20.8 Å². The zero-order valence-corrected chi connectivity index (χ0v) is 17.2. The van der Waals surface area contributed by atoms with Crippen molar-refractivity contribution in [2.45, 2.75) is 89.8 Å². The van der Waals surface area contributed by atoms with Gasteiger partial charge >= 0.3 is 0 Å². The minimum atomic E-state index is -0.813. The van der Waals surface area contributed by atoms with Crippen molar-refractivity contribution in [2.24, 2.45) is 17.8 Å². The second-order valence-corrected chi connectivity index (χ2v) is 9.61. The Balaban J connectivity index is 1.65. The Kier molecular flexibility index (Phi) is 7.69. The molecular formula is C21H38N2O4. The van der Waals surface area contributed by atoms with Gasteiger partial charge in [0.05, 0.1) is 11.2 Å². The standard InChI is InChI=1S/C21H38N2O4/c1-15(2)9-18(24)23-14-21(27)8-5-17(12-21)10-16(3)11-19(25)22-13-20(26)6-4-7-20/h15-17,26-27H,4-14H2,1-3H3,(H,22,25)(H,23,24)/t16-,17?,21?/m0/s1. The molecule has 156 valence electrons. The van der Waals surface area contributed by atoms with Gasteiger partial charge in [0.15, 0.2) is 0 Å². The lowest BCUT2D eigenvalue weighted by Crippen LogP contribution is -2.48. The molecule has 0 aromatic carbocycles. The molecule has 2 amide bonds. The Labute approximate surface area is 163 Å². The van der Waals surface area contributed by atoms with Crippen molar-refractivity contribution in [1.29, 1.82) is 0 Å². The van der Waals surface area contributed by atoms with Gasteiger partial charge in [-0.1, -0.05) is 20.8 Å². The third-order valence-electron chi connectivity index (χ3n) is 6.06. The Bertz CT molecular complexity index is 518. The van der Waals surface area contributed by atoms with Crippen molar-refractivity contribution in [2.75, 3.05) is 13.1 Å². The number of rotatable bonds is 10. The molecule has 3 atom stereocenters. The quantitative estimate of drug-likeness (QED) is 0.465. The molecule has 2 aliphatic rings. The van der Waals surface area contributed by atoms with E-state index in [0.717, 1.165) is 32.1 Å². The highest BCUT2D eigenvalue weighted by molar-refractivity contribution is 5.76. The molecule has 0 saturated heterocycles. The molecule has 0 radical (unpaired) electrons. The first-order valence-electron chi connectivity index (χ1n) is 10.6. The topological polar surface area (TPSA) is 98.7 Å². The highest BCUT2D eigenvalue weighted by atomic mass is 16.3. The van der Waals surface area contributed by atoms with Crippen molar-refractivity contribution >= 4 is 11.8 Å². The van der Waals surface area contributed by atoms with Crippen LogP contribution in [-0.4, -0.2) is 46.3 Å². The van der Waals surface area contributed by atoms with Crippen LogP contribution in [-0.2, 0) is 9.59 Å². The van der Waals surface area contributed by atoms with Crippen LogP contribution in [0, 0.1) is 17.8 Å². The van der Waals surface area contributed by atoms with Gasteiger partial charge in [-0.2, -0.15) is 0 Å². The third-order valence-corrected chi connectivity index (χ3v) is 6.06. The molecule has 0 aromatic heterocycles. The summed E-state index contributed by atoms with van der Waals surface area (Å²) in [6, 6.07) is 0. The van der Waals surface area contributed by atoms with E-state index in [1.54, 1.807) is 0 Å². The predicted molar refractivity (Wildman–Crippen MR) is 105 cm³/mol. The Morgan fingerprint density at radius 1 is 0.963 bits per heavy atom. The second kappa shape index (κ2) is 9.37. The SMILES string of the molecule is CC(C)CC(=O)NCC1(O)CCC(C[C@H](C)CC(=O)NCC2(O)CCC2)C1. The number of carbonyl (C=O) groups excluding carboxylic acids is 2. The van der Waals surface area contributed by atoms with Gasteiger partial charge in [-0.05, 0) is 62.7 Å². The van der Waals surface area contributed by atoms with Crippen molar-refractivity contribution in [1.82, 2.24) is 10.6 Å². The average Bonchev–Trinajstić information content (AvgIpc) is 2.90. The monoisotopic (exact) mass is 382 g/mol. The number of amides is 2. The van der Waals surface area contributed by atoms with E-state index in [1.807, 2.05) is 13.8 Å². The average molecular weight is 383 g/mol. The van der Waals surface area contributed by atoms with Crippen LogP contribution in [0.1, 0.15) is 78.6 Å². The summed E-state index contributed by atoms with van der Waals surface area (Å²) in [5.41, 5.74) is -1.49. The Morgan fingerprint density at radius 2 is 1.56 bits per heavy atom. The number of aliphatic hydroxyl groups is 2. The summed E-state index contributed by atoms with van der Waals surface area (Å²) < 4.78 is 0. The normalized spacial score (nSPS) is 27.9. The van der Waals surface area contributed by atoms with Crippen LogP contribution in [0.25, 0.3) is 0 Å². The predicted octanol–water partition coefficient (Wildman–Crippen LogP) is 2.13. The molecule has 0 spiro atoms. The summed E-state index contributed by atoms with van der Waals surface area (Å²) in [5, 5.41) is 26.5. The van der Waals surface area contributed by atoms with E-state index < -0.39 is 11.2 Å². The van der Waals surface area contributed by atoms with Gasteiger partial charge in [0.1, 0.15) is 0 Å². The summed E-state index contributed by atoms with van der Waals surface area (Å²) in [7, 11) is 0. The van der Waals surface area contributed by atoms with Crippen LogP contribution >= 0.6 is 0 Å². The Hall–Kier alpha value is -1.14. The van der Waals surface area contributed by atoms with E-state index in [2.05, 4.69) is 17.6 Å². The zero-order chi connectivity index (χ0) is 20.1. The first-order chi connectivity index (χ1) is 12.6. The summed E-state index contributed by atoms with van der Waals surface area (Å²) in [6.07, 6.45) is 6.74. The van der Waals surface area contributed by atoms with Gasteiger partial charge in [0, 0.05) is 25.9 Å². The highest BCUT2D eigenvalue weighted by Crippen LogP contribution is 2.38. The zero-order valence-electron chi connectivity index (χ0n) is 17.2. The van der Waals surface area contributed by atoms with Gasteiger partial charge in [0.25, 0.3) is 0 Å². The highest BCUT2D eigenvalue weighted by Gasteiger charge is 2.38. The smallest absolute Gasteiger partial charge is 0.220 e. The van der Waals surface area contributed by atoms with E-state index in [4.69, 9.17) is 0 Å². The van der Waals surface area contributed by atoms with E-state index in [0.29, 0.717) is 50.6 Å². The van der Waals surface area contributed by atoms with Crippen LogP contribution in [0.3, 0.4) is 0 Å². The van der Waals surface area contributed by atoms with Crippen molar-refractivity contribution in [3.8, 4) is 0 Å². The van der Waals surface area contributed by atoms with E-state index >= 15 is 0 Å². The maximum absolute atomic E-state index is 12.1. The first kappa shape index (κ1) is 22.2. The van der Waals surface area contributed by atoms with Crippen LogP contribution in [0.4, 0.5) is 0 Å². The molecule has 6 heteroatoms. The minimum Gasteiger partial charge on any atom is -0.388 e. The molecule has 6 nitrogen and oxygen atoms in total. The van der Waals surface area contributed by atoms with E-state index in [1.165, 1.54) is 0 Å². The van der Waals surface area contributed by atoms with Crippen molar-refractivity contribution < 1.29 is 19.8 Å². The maximum Gasteiger partial charge on any atom is 0.220 e. The molecule has 2 saturated carbocycles. The minimum absolute atomic E-state index is 0.0000295. The van der Waals surface area contributed by atoms with Gasteiger partial charge in [-0.15, -0.1) is 0 Å². The molecule has 0 heterocycles. The van der Waals surface area contributed by atoms with Crippen LogP contribution in [0.2, 0.25) is 0 Å². The number of carbonyl (C=O) groups is 2. The molecule has 27 heavy (non-hydrogen) atoms. The summed E-state index contributed by atoms with van der Waals surface area (Å²) in [6.45, 7) is 6.76. The summed E-state index contributed by atoms with van der Waals surface area (Å²) >= 11 is 0. The lowest BCUT2D eigenvalue weighted by atomic mass is 9.80. The molecule has 2 rings (SSSR count). The lowest BCUT2D eigenvalue weighted by Gasteiger charge is -2.36. The van der Waals surface area contributed by atoms with Crippen molar-refractivity contribution in [3.05, 3.63) is 0 Å². The molecule has 2 fully saturated rings. The van der Waals surface area contributed by atoms with Crippen LogP contribution < -0.4 is 10.6 Å². The van der Waals surface area contributed by atoms with Gasteiger partial charge in [0.2, 0.25) is 11.8 Å². The summed E-state index contributed by atoms with van der Waals surface area (Å²) in [5.74, 6) is 0.935. The molecule has 0 aliphatic heterocycles. The molecule has 2 aliphatic carbocycles. The number of hydrogen-bond donors (Lipinski definition) is 4. The van der Waals surface area contributed by atoms with Crippen LogP contribution in [0.15, 0.2) is 0 Å². The maximum atomic E-state index is 12.1. The van der Waals surface area contributed by atoms with Crippen molar-refractivity contribution in [3.63, 3.8) is 0 Å². The molecule has 4 N–H and O–H groups in total.